The Bertz CT molecular complexity index is 709. The zero-order valence-corrected chi connectivity index (χ0v) is 14.3. The summed E-state index contributed by atoms with van der Waals surface area (Å²) in [6.07, 6.45) is 0.940. The van der Waals surface area contributed by atoms with Crippen molar-refractivity contribution in [3.8, 4) is 11.3 Å². The fraction of sp³-hybridized carbons (Fsp3) is 0.312. The number of ether oxygens (including phenoxy) is 1. The molecule has 0 spiro atoms. The topological polar surface area (TPSA) is 31.2 Å². The highest BCUT2D eigenvalue weighted by Crippen LogP contribution is 2.29. The summed E-state index contributed by atoms with van der Waals surface area (Å²) in [7, 11) is 0. The Balaban J connectivity index is 2.51. The molecule has 0 radical (unpaired) electrons. The quantitative estimate of drug-likeness (QED) is 0.681. The van der Waals surface area contributed by atoms with E-state index in [0.29, 0.717) is 15.7 Å². The van der Waals surface area contributed by atoms with Crippen molar-refractivity contribution in [1.29, 1.82) is 0 Å². The first-order valence-corrected chi connectivity index (χ1v) is 7.45. The van der Waals surface area contributed by atoms with Crippen LogP contribution in [0.5, 0.6) is 0 Å². The van der Waals surface area contributed by atoms with Gasteiger partial charge < -0.3 is 4.74 Å². The minimum absolute atomic E-state index is 0.170. The molecule has 118 valence electrons. The van der Waals surface area contributed by atoms with E-state index < -0.39 is 23.3 Å². The molecule has 1 aromatic carbocycles. The second kappa shape index (κ2) is 5.83. The molecule has 22 heavy (non-hydrogen) atoms. The van der Waals surface area contributed by atoms with Gasteiger partial charge in [-0.25, -0.2) is 13.6 Å². The highest BCUT2D eigenvalue weighted by molar-refractivity contribution is 9.10. The molecule has 2 aromatic rings. The van der Waals surface area contributed by atoms with Crippen LogP contribution in [0.4, 0.5) is 13.6 Å². The number of aryl methyl sites for hydroxylation is 1. The van der Waals surface area contributed by atoms with E-state index in [0.717, 1.165) is 6.07 Å². The van der Waals surface area contributed by atoms with Gasteiger partial charge in [-0.2, -0.15) is 0 Å². The van der Waals surface area contributed by atoms with Gasteiger partial charge in [0.25, 0.3) is 0 Å². The predicted molar refractivity (Wildman–Crippen MR) is 83.9 cm³/mol. The average Bonchev–Trinajstić information content (AvgIpc) is 2.75. The Morgan fingerprint density at radius 1 is 1.23 bits per heavy atom. The number of carbonyl (C=O) groups excluding carboxylic acids is 1. The van der Waals surface area contributed by atoms with Crippen molar-refractivity contribution in [2.45, 2.75) is 33.3 Å². The average molecular weight is 372 g/mol. The first kappa shape index (κ1) is 16.7. The summed E-state index contributed by atoms with van der Waals surface area (Å²) in [6.45, 7) is 6.73. The van der Waals surface area contributed by atoms with Crippen molar-refractivity contribution in [3.63, 3.8) is 0 Å². The third-order valence-corrected chi connectivity index (χ3v) is 3.32. The first-order chi connectivity index (χ1) is 10.1. The SMILES string of the molecule is Cc1cc(-c2cc(Br)cn2C(=O)OC(C)(C)C)cc(F)c1F. The molecule has 0 saturated heterocycles. The summed E-state index contributed by atoms with van der Waals surface area (Å²) >= 11 is 3.28. The number of carbonyl (C=O) groups is 1. The van der Waals surface area contributed by atoms with Crippen LogP contribution in [0.2, 0.25) is 0 Å². The molecule has 0 aliphatic rings. The van der Waals surface area contributed by atoms with Gasteiger partial charge in [-0.3, -0.25) is 4.57 Å². The summed E-state index contributed by atoms with van der Waals surface area (Å²) in [4.78, 5) is 12.3. The Morgan fingerprint density at radius 2 is 1.86 bits per heavy atom. The minimum Gasteiger partial charge on any atom is -0.443 e. The number of hydrogen-bond acceptors (Lipinski definition) is 2. The smallest absolute Gasteiger partial charge is 0.419 e. The van der Waals surface area contributed by atoms with Gasteiger partial charge in [0.2, 0.25) is 0 Å². The van der Waals surface area contributed by atoms with E-state index in [9.17, 15) is 13.6 Å². The van der Waals surface area contributed by atoms with Crippen molar-refractivity contribution >= 4 is 22.0 Å². The maximum atomic E-state index is 13.6. The molecule has 0 bridgehead atoms. The second-order valence-electron chi connectivity index (χ2n) is 5.98. The minimum atomic E-state index is -0.955. The summed E-state index contributed by atoms with van der Waals surface area (Å²) in [5.41, 5.74) is 0.328. The Kier molecular flexibility index (Phi) is 4.42. The molecule has 0 atom stereocenters. The largest absolute Gasteiger partial charge is 0.443 e. The molecule has 1 aromatic heterocycles. The van der Waals surface area contributed by atoms with Gasteiger partial charge in [-0.05, 0) is 67.4 Å². The van der Waals surface area contributed by atoms with E-state index in [1.807, 2.05) is 0 Å². The van der Waals surface area contributed by atoms with E-state index in [1.54, 1.807) is 26.8 Å². The van der Waals surface area contributed by atoms with Gasteiger partial charge in [0.05, 0.1) is 5.69 Å². The van der Waals surface area contributed by atoms with Crippen LogP contribution in [-0.4, -0.2) is 16.3 Å². The van der Waals surface area contributed by atoms with Crippen molar-refractivity contribution < 1.29 is 18.3 Å². The van der Waals surface area contributed by atoms with Crippen LogP contribution < -0.4 is 0 Å². The third kappa shape index (κ3) is 3.55. The van der Waals surface area contributed by atoms with E-state index in [-0.39, 0.29) is 5.56 Å². The molecular weight excluding hydrogens is 356 g/mol. The first-order valence-electron chi connectivity index (χ1n) is 6.66. The molecular formula is C16H16BrF2NO2. The van der Waals surface area contributed by atoms with Crippen LogP contribution in [0.3, 0.4) is 0 Å². The zero-order chi connectivity index (χ0) is 16.7. The lowest BCUT2D eigenvalue weighted by molar-refractivity contribution is 0.0540. The number of aromatic nitrogens is 1. The number of benzene rings is 1. The van der Waals surface area contributed by atoms with E-state index >= 15 is 0 Å². The van der Waals surface area contributed by atoms with E-state index in [2.05, 4.69) is 15.9 Å². The Morgan fingerprint density at radius 3 is 2.41 bits per heavy atom. The van der Waals surface area contributed by atoms with Gasteiger partial charge in [0.15, 0.2) is 11.6 Å². The van der Waals surface area contributed by atoms with Crippen LogP contribution in [0.1, 0.15) is 26.3 Å². The predicted octanol–water partition coefficient (Wildman–Crippen LogP) is 5.29. The molecule has 0 aliphatic heterocycles. The lowest BCUT2D eigenvalue weighted by Gasteiger charge is -2.20. The van der Waals surface area contributed by atoms with Gasteiger partial charge in [-0.1, -0.05) is 0 Å². The van der Waals surface area contributed by atoms with Crippen molar-refractivity contribution in [2.75, 3.05) is 0 Å². The molecule has 0 saturated carbocycles. The number of rotatable bonds is 1. The van der Waals surface area contributed by atoms with Crippen molar-refractivity contribution in [2.24, 2.45) is 0 Å². The van der Waals surface area contributed by atoms with Gasteiger partial charge >= 0.3 is 6.09 Å². The fourth-order valence-electron chi connectivity index (χ4n) is 1.99. The summed E-state index contributed by atoms with van der Waals surface area (Å²) in [6, 6.07) is 4.20. The molecule has 1 heterocycles. The normalized spacial score (nSPS) is 11.6. The highest BCUT2D eigenvalue weighted by Gasteiger charge is 2.21. The number of nitrogens with zero attached hydrogens (tertiary/aromatic N) is 1. The van der Waals surface area contributed by atoms with Crippen LogP contribution in [-0.2, 0) is 4.74 Å². The monoisotopic (exact) mass is 371 g/mol. The van der Waals surface area contributed by atoms with Crippen LogP contribution in [0.25, 0.3) is 11.3 Å². The molecule has 3 nitrogen and oxygen atoms in total. The summed E-state index contributed by atoms with van der Waals surface area (Å²) in [5, 5.41) is 0. The molecule has 0 fully saturated rings. The third-order valence-electron chi connectivity index (χ3n) is 2.88. The van der Waals surface area contributed by atoms with Crippen LogP contribution in [0.15, 0.2) is 28.9 Å². The van der Waals surface area contributed by atoms with Crippen molar-refractivity contribution in [1.82, 2.24) is 4.57 Å². The summed E-state index contributed by atoms with van der Waals surface area (Å²) < 4.78 is 34.3. The summed E-state index contributed by atoms with van der Waals surface area (Å²) in [5.74, 6) is -1.85. The van der Waals surface area contributed by atoms with Crippen LogP contribution in [0, 0.1) is 18.6 Å². The Hall–Kier alpha value is -1.69. The molecule has 0 amide bonds. The van der Waals surface area contributed by atoms with Crippen LogP contribution >= 0.6 is 15.9 Å². The molecule has 0 unspecified atom stereocenters. The van der Waals surface area contributed by atoms with Crippen molar-refractivity contribution in [3.05, 3.63) is 46.1 Å². The molecule has 6 heteroatoms. The van der Waals surface area contributed by atoms with Gasteiger partial charge in [0, 0.05) is 16.2 Å². The molecule has 2 rings (SSSR count). The maximum Gasteiger partial charge on any atom is 0.419 e. The standard InChI is InChI=1S/C16H16BrF2NO2/c1-9-5-10(6-12(18)14(9)19)13-7-11(17)8-20(13)15(21)22-16(2,3)4/h5-8H,1-4H3. The highest BCUT2D eigenvalue weighted by atomic mass is 79.9. The van der Waals surface area contributed by atoms with Gasteiger partial charge in [-0.15, -0.1) is 0 Å². The number of hydrogen-bond donors (Lipinski definition) is 0. The fourth-order valence-corrected chi connectivity index (χ4v) is 2.41. The second-order valence-corrected chi connectivity index (χ2v) is 6.90. The van der Waals surface area contributed by atoms with E-state index in [4.69, 9.17) is 4.74 Å². The van der Waals surface area contributed by atoms with Gasteiger partial charge in [0.1, 0.15) is 5.60 Å². The Labute approximate surface area is 136 Å². The lowest BCUT2D eigenvalue weighted by atomic mass is 10.1. The van der Waals surface area contributed by atoms with E-state index in [1.165, 1.54) is 23.8 Å². The maximum absolute atomic E-state index is 13.6. The molecule has 0 aliphatic carbocycles. The zero-order valence-electron chi connectivity index (χ0n) is 12.7. The lowest BCUT2D eigenvalue weighted by Crippen LogP contribution is -2.27. The molecule has 0 N–H and O–H groups in total. The number of halogens is 3.